The van der Waals surface area contributed by atoms with Crippen molar-refractivity contribution in [2.24, 2.45) is 17.8 Å². The fourth-order valence-electron chi connectivity index (χ4n) is 4.68. The number of hydrogen-bond donors (Lipinski definition) is 1. The third kappa shape index (κ3) is 2.52. The SMILES string of the molecule is Cc1ccc(C(=O)/C=C2\NC3C[C@@H]4CC2C[C@H](C3)C4)cc1. The zero-order valence-corrected chi connectivity index (χ0v) is 12.6. The molecule has 2 heteroatoms. The maximum absolute atomic E-state index is 12.5. The van der Waals surface area contributed by atoms with Crippen LogP contribution >= 0.6 is 0 Å². The molecule has 21 heavy (non-hydrogen) atoms. The van der Waals surface area contributed by atoms with Crippen LogP contribution in [0.15, 0.2) is 36.0 Å². The van der Waals surface area contributed by atoms with Gasteiger partial charge in [-0.15, -0.1) is 0 Å². The Hall–Kier alpha value is -1.57. The molecule has 2 heterocycles. The molecular weight excluding hydrogens is 258 g/mol. The first-order chi connectivity index (χ1) is 10.2. The van der Waals surface area contributed by atoms with E-state index in [4.69, 9.17) is 0 Å². The topological polar surface area (TPSA) is 29.1 Å². The van der Waals surface area contributed by atoms with Crippen molar-refractivity contribution >= 4 is 5.78 Å². The lowest BCUT2D eigenvalue weighted by molar-refractivity contribution is 0.104. The zero-order valence-electron chi connectivity index (χ0n) is 12.6. The van der Waals surface area contributed by atoms with Gasteiger partial charge in [0.1, 0.15) is 0 Å². The Bertz CT molecular complexity index is 572. The highest BCUT2D eigenvalue weighted by Gasteiger charge is 2.41. The van der Waals surface area contributed by atoms with Crippen molar-refractivity contribution in [3.8, 4) is 0 Å². The molecule has 0 spiro atoms. The predicted molar refractivity (Wildman–Crippen MR) is 84.1 cm³/mol. The Morgan fingerprint density at radius 3 is 2.38 bits per heavy atom. The first-order valence-corrected chi connectivity index (χ1v) is 8.26. The molecule has 4 bridgehead atoms. The fraction of sp³-hybridized carbons (Fsp3) is 0.526. The standard InChI is InChI=1S/C19H23NO/c1-12-2-4-15(5-3-12)19(21)11-18-16-7-13-6-14(8-16)10-17(9-13)20-18/h2-5,11,13-14,16-17,20H,6-10H2,1H3/b18-11-/t13-,14+,16?,17?. The lowest BCUT2D eigenvalue weighted by Crippen LogP contribution is -2.33. The maximum Gasteiger partial charge on any atom is 0.187 e. The first kappa shape index (κ1) is 13.1. The van der Waals surface area contributed by atoms with Gasteiger partial charge in [0.2, 0.25) is 0 Å². The van der Waals surface area contributed by atoms with Crippen molar-refractivity contribution in [1.82, 2.24) is 5.32 Å². The molecule has 2 aliphatic heterocycles. The third-order valence-corrected chi connectivity index (χ3v) is 5.57. The summed E-state index contributed by atoms with van der Waals surface area (Å²) in [4.78, 5) is 12.5. The van der Waals surface area contributed by atoms with E-state index < -0.39 is 0 Å². The summed E-state index contributed by atoms with van der Waals surface area (Å²) in [5.74, 6) is 2.52. The van der Waals surface area contributed by atoms with Gasteiger partial charge in [0.05, 0.1) is 0 Å². The van der Waals surface area contributed by atoms with Crippen molar-refractivity contribution < 1.29 is 4.79 Å². The molecule has 5 rings (SSSR count). The average Bonchev–Trinajstić information content (AvgIpc) is 2.63. The van der Waals surface area contributed by atoms with Crippen molar-refractivity contribution in [3.05, 3.63) is 47.2 Å². The lowest BCUT2D eigenvalue weighted by atomic mass is 9.68. The van der Waals surface area contributed by atoms with Gasteiger partial charge in [-0.3, -0.25) is 4.79 Å². The first-order valence-electron chi connectivity index (χ1n) is 8.26. The average molecular weight is 281 g/mol. The molecule has 110 valence electrons. The molecule has 4 aliphatic rings. The van der Waals surface area contributed by atoms with Crippen molar-refractivity contribution in [1.29, 1.82) is 0 Å². The molecule has 2 saturated carbocycles. The van der Waals surface area contributed by atoms with Crippen LogP contribution in [0.2, 0.25) is 0 Å². The Morgan fingerprint density at radius 1 is 1.05 bits per heavy atom. The van der Waals surface area contributed by atoms with E-state index in [2.05, 4.69) is 12.2 Å². The summed E-state index contributed by atoms with van der Waals surface area (Å²) in [5, 5.41) is 3.69. The molecule has 0 amide bonds. The van der Waals surface area contributed by atoms with Crippen LogP contribution in [0.1, 0.15) is 48.0 Å². The molecule has 1 aromatic rings. The normalized spacial score (nSPS) is 35.6. The number of nitrogens with one attached hydrogen (secondary N) is 1. The fourth-order valence-corrected chi connectivity index (χ4v) is 4.68. The van der Waals surface area contributed by atoms with Crippen molar-refractivity contribution in [2.75, 3.05) is 0 Å². The van der Waals surface area contributed by atoms with E-state index in [-0.39, 0.29) is 5.78 Å². The van der Waals surface area contributed by atoms with Gasteiger partial charge < -0.3 is 5.32 Å². The van der Waals surface area contributed by atoms with E-state index in [1.165, 1.54) is 43.4 Å². The van der Waals surface area contributed by atoms with E-state index in [1.807, 2.05) is 30.3 Å². The number of carbonyl (C=O) groups excluding carboxylic acids is 1. The quantitative estimate of drug-likeness (QED) is 0.659. The number of rotatable bonds is 2. The summed E-state index contributed by atoms with van der Waals surface area (Å²) in [6.45, 7) is 2.05. The molecule has 2 saturated heterocycles. The minimum Gasteiger partial charge on any atom is -0.385 e. The van der Waals surface area contributed by atoms with Crippen LogP contribution < -0.4 is 5.32 Å². The number of allylic oxidation sites excluding steroid dienone is 2. The highest BCUT2D eigenvalue weighted by molar-refractivity contribution is 6.04. The minimum atomic E-state index is 0.152. The summed E-state index contributed by atoms with van der Waals surface area (Å²) in [6.07, 6.45) is 8.50. The molecule has 2 unspecified atom stereocenters. The summed E-state index contributed by atoms with van der Waals surface area (Å²) < 4.78 is 0. The minimum absolute atomic E-state index is 0.152. The highest BCUT2D eigenvalue weighted by Crippen LogP contribution is 2.47. The second kappa shape index (κ2) is 5.01. The molecule has 1 aromatic carbocycles. The molecular formula is C19H23NO. The summed E-state index contributed by atoms with van der Waals surface area (Å²) in [7, 11) is 0. The summed E-state index contributed by atoms with van der Waals surface area (Å²) in [5.41, 5.74) is 3.22. The lowest BCUT2D eigenvalue weighted by Gasteiger charge is -2.37. The van der Waals surface area contributed by atoms with Crippen molar-refractivity contribution in [3.63, 3.8) is 0 Å². The van der Waals surface area contributed by atoms with Crippen LogP contribution in [0.4, 0.5) is 0 Å². The maximum atomic E-state index is 12.5. The Balaban J connectivity index is 1.60. The number of fused-ring (bicyclic) bond motifs is 1. The van der Waals surface area contributed by atoms with E-state index >= 15 is 0 Å². The van der Waals surface area contributed by atoms with Gasteiger partial charge >= 0.3 is 0 Å². The number of aryl methyl sites for hydroxylation is 1. The molecule has 4 fully saturated rings. The van der Waals surface area contributed by atoms with Crippen LogP contribution in [0, 0.1) is 24.7 Å². The zero-order chi connectivity index (χ0) is 14.4. The van der Waals surface area contributed by atoms with Crippen LogP contribution in [0.25, 0.3) is 0 Å². The van der Waals surface area contributed by atoms with E-state index in [1.54, 1.807) is 0 Å². The second-order valence-corrected chi connectivity index (χ2v) is 7.28. The van der Waals surface area contributed by atoms with Gasteiger partial charge in [0.25, 0.3) is 0 Å². The molecule has 0 aromatic heterocycles. The number of benzene rings is 1. The van der Waals surface area contributed by atoms with E-state index in [0.717, 1.165) is 17.4 Å². The van der Waals surface area contributed by atoms with Gasteiger partial charge in [-0.25, -0.2) is 0 Å². The largest absolute Gasteiger partial charge is 0.385 e. The van der Waals surface area contributed by atoms with Crippen LogP contribution in [0.3, 0.4) is 0 Å². The van der Waals surface area contributed by atoms with Crippen LogP contribution in [0.5, 0.6) is 0 Å². The van der Waals surface area contributed by atoms with Gasteiger partial charge in [-0.05, 0) is 56.8 Å². The Kier molecular flexibility index (Phi) is 3.13. The van der Waals surface area contributed by atoms with E-state index in [9.17, 15) is 4.79 Å². The summed E-state index contributed by atoms with van der Waals surface area (Å²) in [6, 6.07) is 8.52. The number of ketones is 1. The monoisotopic (exact) mass is 281 g/mol. The Labute approximate surface area is 126 Å². The van der Waals surface area contributed by atoms with E-state index in [0.29, 0.717) is 12.0 Å². The second-order valence-electron chi connectivity index (χ2n) is 7.28. The van der Waals surface area contributed by atoms with Gasteiger partial charge in [-0.1, -0.05) is 29.8 Å². The van der Waals surface area contributed by atoms with Gasteiger partial charge in [0.15, 0.2) is 5.78 Å². The predicted octanol–water partition coefficient (Wildman–Crippen LogP) is 3.86. The van der Waals surface area contributed by atoms with Crippen LogP contribution in [-0.4, -0.2) is 11.8 Å². The van der Waals surface area contributed by atoms with Crippen LogP contribution in [-0.2, 0) is 0 Å². The van der Waals surface area contributed by atoms with Crippen molar-refractivity contribution in [2.45, 2.75) is 45.1 Å². The van der Waals surface area contributed by atoms with Gasteiger partial charge in [-0.2, -0.15) is 0 Å². The summed E-state index contributed by atoms with van der Waals surface area (Å²) >= 11 is 0. The molecule has 4 atom stereocenters. The number of hydrogen-bond acceptors (Lipinski definition) is 2. The molecule has 2 aliphatic carbocycles. The van der Waals surface area contributed by atoms with Gasteiger partial charge in [0, 0.05) is 23.4 Å². The number of carbonyl (C=O) groups is 1. The smallest absolute Gasteiger partial charge is 0.187 e. The third-order valence-electron chi connectivity index (χ3n) is 5.57. The molecule has 2 nitrogen and oxygen atoms in total. The molecule has 0 radical (unpaired) electrons. The molecule has 1 N–H and O–H groups in total. The Morgan fingerprint density at radius 2 is 1.71 bits per heavy atom. The highest BCUT2D eigenvalue weighted by atomic mass is 16.1.